The summed E-state index contributed by atoms with van der Waals surface area (Å²) in [5.74, 6) is 0.170. The van der Waals surface area contributed by atoms with Crippen molar-refractivity contribution in [3.05, 3.63) is 48.2 Å². The van der Waals surface area contributed by atoms with Crippen molar-refractivity contribution in [2.24, 2.45) is 0 Å². The van der Waals surface area contributed by atoms with Gasteiger partial charge in [-0.2, -0.15) is 5.10 Å². The molecule has 0 saturated carbocycles. The van der Waals surface area contributed by atoms with E-state index in [0.29, 0.717) is 36.0 Å². The number of carbonyl (C=O) groups excluding carboxylic acids is 2. The van der Waals surface area contributed by atoms with E-state index >= 15 is 0 Å². The van der Waals surface area contributed by atoms with Crippen LogP contribution in [0.1, 0.15) is 17.3 Å². The molecule has 27 heavy (non-hydrogen) atoms. The van der Waals surface area contributed by atoms with E-state index in [-0.39, 0.29) is 0 Å². The number of H-pyrrole nitrogens is 1. The van der Waals surface area contributed by atoms with Gasteiger partial charge >= 0.3 is 5.97 Å². The Balaban J connectivity index is 1.40. The van der Waals surface area contributed by atoms with Crippen LogP contribution in [-0.4, -0.2) is 41.4 Å². The number of anilines is 1. The zero-order chi connectivity index (χ0) is 18.8. The number of benzene rings is 2. The molecule has 2 N–H and O–H groups in total. The summed E-state index contributed by atoms with van der Waals surface area (Å²) in [6.07, 6.45) is 0.691. The van der Waals surface area contributed by atoms with Crippen molar-refractivity contribution in [3.63, 3.8) is 0 Å². The molecule has 1 amide bonds. The Morgan fingerprint density at radius 2 is 1.96 bits per heavy atom. The van der Waals surface area contributed by atoms with E-state index in [1.165, 1.54) is 6.92 Å². The lowest BCUT2D eigenvalue weighted by atomic mass is 10.2. The minimum atomic E-state index is -0.969. The highest BCUT2D eigenvalue weighted by molar-refractivity contribution is 5.98. The fourth-order valence-electron chi connectivity index (χ4n) is 2.71. The number of hydrogen-bond acceptors (Lipinski definition) is 6. The number of nitrogens with one attached hydrogen (secondary N) is 2. The summed E-state index contributed by atoms with van der Waals surface area (Å²) in [5.41, 5.74) is 1.59. The molecular weight excluding hydrogens is 350 g/mol. The highest BCUT2D eigenvalue weighted by Crippen LogP contribution is 2.32. The molecule has 0 spiro atoms. The number of hydrogen-bond donors (Lipinski definition) is 2. The van der Waals surface area contributed by atoms with Gasteiger partial charge in [-0.15, -0.1) is 0 Å². The topological polar surface area (TPSA) is 103 Å². The molecule has 8 heteroatoms. The van der Waals surface area contributed by atoms with Crippen LogP contribution in [0, 0.1) is 0 Å². The predicted molar refractivity (Wildman–Crippen MR) is 97.0 cm³/mol. The average Bonchev–Trinajstić information content (AvgIpc) is 3.15. The monoisotopic (exact) mass is 367 g/mol. The number of carbonyl (C=O) groups is 2. The number of ether oxygens (including phenoxy) is 3. The lowest BCUT2D eigenvalue weighted by Gasteiger charge is -2.19. The molecule has 2 heterocycles. The SMILES string of the molecule is CC(OC(=O)c1ccc2cn[nH]c2c1)C(=O)Nc1ccc2c(c1)OCCO2. The zero-order valence-electron chi connectivity index (χ0n) is 14.5. The third kappa shape index (κ3) is 3.55. The van der Waals surface area contributed by atoms with Gasteiger partial charge in [0, 0.05) is 17.1 Å². The van der Waals surface area contributed by atoms with Gasteiger partial charge in [0.15, 0.2) is 17.6 Å². The number of rotatable bonds is 4. The molecule has 138 valence electrons. The normalized spacial score (nSPS) is 13.8. The van der Waals surface area contributed by atoms with Gasteiger partial charge in [-0.3, -0.25) is 9.89 Å². The molecule has 2 aromatic carbocycles. The second-order valence-corrected chi connectivity index (χ2v) is 6.07. The Kier molecular flexibility index (Phi) is 4.37. The lowest BCUT2D eigenvalue weighted by molar-refractivity contribution is -0.123. The van der Waals surface area contributed by atoms with Crippen LogP contribution in [0.5, 0.6) is 11.5 Å². The minimum absolute atomic E-state index is 0.339. The van der Waals surface area contributed by atoms with Crippen molar-refractivity contribution in [1.29, 1.82) is 0 Å². The van der Waals surface area contributed by atoms with Crippen molar-refractivity contribution in [1.82, 2.24) is 10.2 Å². The second kappa shape index (κ2) is 6.99. The maximum atomic E-state index is 12.3. The van der Waals surface area contributed by atoms with Crippen LogP contribution in [-0.2, 0) is 9.53 Å². The van der Waals surface area contributed by atoms with Crippen LogP contribution in [0.15, 0.2) is 42.6 Å². The minimum Gasteiger partial charge on any atom is -0.486 e. The Morgan fingerprint density at radius 3 is 2.81 bits per heavy atom. The highest BCUT2D eigenvalue weighted by atomic mass is 16.6. The second-order valence-electron chi connectivity index (χ2n) is 6.07. The van der Waals surface area contributed by atoms with E-state index in [1.807, 2.05) is 0 Å². The summed E-state index contributed by atoms with van der Waals surface area (Å²) in [5, 5.41) is 10.3. The Morgan fingerprint density at radius 1 is 1.15 bits per heavy atom. The van der Waals surface area contributed by atoms with Crippen molar-refractivity contribution in [2.75, 3.05) is 18.5 Å². The first-order valence-corrected chi connectivity index (χ1v) is 8.45. The van der Waals surface area contributed by atoms with Crippen molar-refractivity contribution < 1.29 is 23.8 Å². The fraction of sp³-hybridized carbons (Fsp3) is 0.211. The summed E-state index contributed by atoms with van der Waals surface area (Å²) >= 11 is 0. The molecule has 3 aromatic rings. The summed E-state index contributed by atoms with van der Waals surface area (Å²) in [6, 6.07) is 10.1. The third-order valence-electron chi connectivity index (χ3n) is 4.14. The molecule has 0 aliphatic carbocycles. The maximum absolute atomic E-state index is 12.3. The van der Waals surface area contributed by atoms with Crippen molar-refractivity contribution in [3.8, 4) is 11.5 Å². The standard InChI is InChI=1S/C19H17N3O5/c1-11(27-19(24)12-2-3-13-10-20-22-15(13)8-12)18(23)21-14-4-5-16-17(9-14)26-7-6-25-16/h2-5,8-11H,6-7H2,1H3,(H,20,22)(H,21,23). The van der Waals surface area contributed by atoms with E-state index in [0.717, 1.165) is 10.9 Å². The first kappa shape index (κ1) is 16.9. The van der Waals surface area contributed by atoms with Crippen LogP contribution in [0.3, 0.4) is 0 Å². The number of aromatic nitrogens is 2. The van der Waals surface area contributed by atoms with Crippen LogP contribution in [0.25, 0.3) is 10.9 Å². The molecule has 0 bridgehead atoms. The largest absolute Gasteiger partial charge is 0.486 e. The summed E-state index contributed by atoms with van der Waals surface area (Å²) in [4.78, 5) is 24.6. The zero-order valence-corrected chi connectivity index (χ0v) is 14.5. The third-order valence-corrected chi connectivity index (χ3v) is 4.14. The lowest BCUT2D eigenvalue weighted by Crippen LogP contribution is -2.30. The van der Waals surface area contributed by atoms with E-state index in [4.69, 9.17) is 14.2 Å². The van der Waals surface area contributed by atoms with Crippen LogP contribution in [0.4, 0.5) is 5.69 Å². The van der Waals surface area contributed by atoms with E-state index in [9.17, 15) is 9.59 Å². The molecule has 0 fully saturated rings. The van der Waals surface area contributed by atoms with Gasteiger partial charge < -0.3 is 19.5 Å². The smallest absolute Gasteiger partial charge is 0.338 e. The molecule has 1 unspecified atom stereocenters. The molecular formula is C19H17N3O5. The van der Waals surface area contributed by atoms with Crippen molar-refractivity contribution in [2.45, 2.75) is 13.0 Å². The summed E-state index contributed by atoms with van der Waals surface area (Å²) in [7, 11) is 0. The summed E-state index contributed by atoms with van der Waals surface area (Å²) < 4.78 is 16.2. The molecule has 1 atom stereocenters. The van der Waals surface area contributed by atoms with Crippen LogP contribution < -0.4 is 14.8 Å². The van der Waals surface area contributed by atoms with Gasteiger partial charge in [-0.25, -0.2) is 4.79 Å². The Hall–Kier alpha value is -3.55. The Bertz CT molecular complexity index is 1010. The molecule has 1 aliphatic heterocycles. The first-order valence-electron chi connectivity index (χ1n) is 8.45. The summed E-state index contributed by atoms with van der Waals surface area (Å²) in [6.45, 7) is 2.47. The first-order chi connectivity index (χ1) is 13.1. The quantitative estimate of drug-likeness (QED) is 0.687. The maximum Gasteiger partial charge on any atom is 0.338 e. The highest BCUT2D eigenvalue weighted by Gasteiger charge is 2.20. The molecule has 1 aromatic heterocycles. The Labute approximate surface area is 154 Å². The van der Waals surface area contributed by atoms with Crippen molar-refractivity contribution >= 4 is 28.5 Å². The predicted octanol–water partition coefficient (Wildman–Crippen LogP) is 2.52. The van der Waals surface area contributed by atoms with Crippen LogP contribution >= 0.6 is 0 Å². The van der Waals surface area contributed by atoms with Gasteiger partial charge in [0.1, 0.15) is 13.2 Å². The van der Waals surface area contributed by atoms with Gasteiger partial charge in [0.2, 0.25) is 0 Å². The molecule has 1 aliphatic rings. The molecule has 0 radical (unpaired) electrons. The number of amides is 1. The number of nitrogens with zero attached hydrogens (tertiary/aromatic N) is 1. The van der Waals surface area contributed by atoms with Gasteiger partial charge in [0.25, 0.3) is 5.91 Å². The molecule has 8 nitrogen and oxygen atoms in total. The van der Waals surface area contributed by atoms with Crippen LogP contribution in [0.2, 0.25) is 0 Å². The average molecular weight is 367 g/mol. The van der Waals surface area contributed by atoms with Gasteiger partial charge in [-0.05, 0) is 31.2 Å². The van der Waals surface area contributed by atoms with E-state index < -0.39 is 18.0 Å². The van der Waals surface area contributed by atoms with E-state index in [1.54, 1.807) is 42.6 Å². The number of fused-ring (bicyclic) bond motifs is 2. The molecule has 0 saturated heterocycles. The van der Waals surface area contributed by atoms with E-state index in [2.05, 4.69) is 15.5 Å². The number of aromatic amines is 1. The molecule has 4 rings (SSSR count). The fourth-order valence-corrected chi connectivity index (χ4v) is 2.71. The van der Waals surface area contributed by atoms with Gasteiger partial charge in [0.05, 0.1) is 17.3 Å². The number of esters is 1. The van der Waals surface area contributed by atoms with Gasteiger partial charge in [-0.1, -0.05) is 6.07 Å².